The molecule has 7 heteroatoms. The lowest BCUT2D eigenvalue weighted by Crippen LogP contribution is -2.49. The summed E-state index contributed by atoms with van der Waals surface area (Å²) in [6.07, 6.45) is 5.71. The summed E-state index contributed by atoms with van der Waals surface area (Å²) in [4.78, 5) is 33.0. The molecule has 2 heterocycles. The van der Waals surface area contributed by atoms with Crippen LogP contribution in [0.25, 0.3) is 4.85 Å². The van der Waals surface area contributed by atoms with Crippen molar-refractivity contribution in [1.82, 2.24) is 15.1 Å². The molecule has 0 bridgehead atoms. The van der Waals surface area contributed by atoms with Crippen LogP contribution in [0, 0.1) is 6.57 Å². The van der Waals surface area contributed by atoms with Crippen molar-refractivity contribution in [2.24, 2.45) is 0 Å². The van der Waals surface area contributed by atoms with Crippen LogP contribution in [0.15, 0.2) is 54.7 Å². The number of carbonyl (C=O) groups excluding carboxylic acids is 2. The van der Waals surface area contributed by atoms with Crippen LogP contribution >= 0.6 is 0 Å². The second kappa shape index (κ2) is 10.2. The highest BCUT2D eigenvalue weighted by molar-refractivity contribution is 6.01. The van der Waals surface area contributed by atoms with Gasteiger partial charge in [-0.2, -0.15) is 0 Å². The van der Waals surface area contributed by atoms with E-state index in [2.05, 4.69) is 28.7 Å². The van der Waals surface area contributed by atoms with Crippen LogP contribution in [0.4, 0.5) is 5.69 Å². The zero-order chi connectivity index (χ0) is 25.2. The van der Waals surface area contributed by atoms with E-state index in [0.717, 1.165) is 37.1 Å². The number of rotatable bonds is 6. The Morgan fingerprint density at radius 1 is 1.14 bits per heavy atom. The fraction of sp³-hybridized carbons (Fsp3) is 0.414. The van der Waals surface area contributed by atoms with E-state index >= 15 is 0 Å². The minimum Gasteiger partial charge on any atom is -0.489 e. The molecule has 0 radical (unpaired) electrons. The first-order valence-corrected chi connectivity index (χ1v) is 12.7. The van der Waals surface area contributed by atoms with Gasteiger partial charge in [-0.1, -0.05) is 37.3 Å². The third kappa shape index (κ3) is 4.87. The average Bonchev–Trinajstić information content (AvgIpc) is 3.20. The molecule has 2 aromatic carbocycles. The SMILES string of the molecule is [C-]#[N+]c1ccc(CN(C)[C@@H]2CCCC[C@@H]2Oc2ccc3c(c2)CN(C2CCC(=C)NC2=O)C3=O)cc1. The van der Waals surface area contributed by atoms with Gasteiger partial charge in [0.15, 0.2) is 5.69 Å². The van der Waals surface area contributed by atoms with Gasteiger partial charge >= 0.3 is 0 Å². The van der Waals surface area contributed by atoms with E-state index in [1.165, 1.54) is 12.0 Å². The van der Waals surface area contributed by atoms with Crippen molar-refractivity contribution < 1.29 is 14.3 Å². The normalized spacial score (nSPS) is 23.9. The molecule has 1 N–H and O–H groups in total. The van der Waals surface area contributed by atoms with E-state index in [1.54, 1.807) is 4.90 Å². The number of ether oxygens (including phenoxy) is 1. The minimum absolute atomic E-state index is 0.0626. The van der Waals surface area contributed by atoms with Crippen molar-refractivity contribution in [2.45, 2.75) is 69.8 Å². The van der Waals surface area contributed by atoms with Gasteiger partial charge in [-0.15, -0.1) is 0 Å². The summed E-state index contributed by atoms with van der Waals surface area (Å²) in [7, 11) is 2.14. The van der Waals surface area contributed by atoms with Gasteiger partial charge in [0.1, 0.15) is 17.9 Å². The topological polar surface area (TPSA) is 66.2 Å². The van der Waals surface area contributed by atoms with E-state index in [4.69, 9.17) is 11.3 Å². The highest BCUT2D eigenvalue weighted by Crippen LogP contribution is 2.33. The quantitative estimate of drug-likeness (QED) is 0.598. The number of allylic oxidation sites excluding steroid dienone is 1. The third-order valence-corrected chi connectivity index (χ3v) is 7.63. The van der Waals surface area contributed by atoms with Gasteiger partial charge in [0.2, 0.25) is 5.91 Å². The molecule has 0 spiro atoms. The fourth-order valence-corrected chi connectivity index (χ4v) is 5.68. The summed E-state index contributed by atoms with van der Waals surface area (Å²) in [5, 5.41) is 2.79. The number of nitrogens with zero attached hydrogens (tertiary/aromatic N) is 3. The van der Waals surface area contributed by atoms with Gasteiger partial charge in [0.05, 0.1) is 6.57 Å². The molecule has 3 aliphatic rings. The van der Waals surface area contributed by atoms with Crippen LogP contribution in [0.2, 0.25) is 0 Å². The van der Waals surface area contributed by atoms with Crippen molar-refractivity contribution in [3.8, 4) is 5.75 Å². The summed E-state index contributed by atoms with van der Waals surface area (Å²) in [6.45, 7) is 12.2. The number of piperidine rings is 1. The number of carbonyl (C=O) groups is 2. The second-order valence-electron chi connectivity index (χ2n) is 10.1. The van der Waals surface area contributed by atoms with E-state index < -0.39 is 6.04 Å². The molecule has 3 atom stereocenters. The fourth-order valence-electron chi connectivity index (χ4n) is 5.68. The van der Waals surface area contributed by atoms with Gasteiger partial charge in [-0.05, 0) is 68.5 Å². The Morgan fingerprint density at radius 3 is 2.67 bits per heavy atom. The largest absolute Gasteiger partial charge is 0.489 e. The molecule has 1 saturated carbocycles. The lowest BCUT2D eigenvalue weighted by atomic mass is 9.91. The molecule has 1 saturated heterocycles. The van der Waals surface area contributed by atoms with Crippen molar-refractivity contribution in [2.75, 3.05) is 7.05 Å². The number of hydrogen-bond donors (Lipinski definition) is 1. The average molecular weight is 485 g/mol. The number of fused-ring (bicyclic) bond motifs is 1. The van der Waals surface area contributed by atoms with E-state index in [1.807, 2.05) is 42.5 Å². The number of nitrogens with one attached hydrogen (secondary N) is 1. The Balaban J connectivity index is 1.27. The molecule has 2 amide bonds. The molecule has 36 heavy (non-hydrogen) atoms. The van der Waals surface area contributed by atoms with Gasteiger partial charge in [0.25, 0.3) is 5.91 Å². The van der Waals surface area contributed by atoms with Gasteiger partial charge < -0.3 is 15.0 Å². The lowest BCUT2D eigenvalue weighted by Gasteiger charge is -2.38. The van der Waals surface area contributed by atoms with E-state index in [0.29, 0.717) is 36.3 Å². The van der Waals surface area contributed by atoms with Crippen LogP contribution in [-0.4, -0.2) is 46.8 Å². The molecular formula is C29H32N4O3. The van der Waals surface area contributed by atoms with Gasteiger partial charge in [-0.25, -0.2) is 4.85 Å². The number of hydrogen-bond acceptors (Lipinski definition) is 4. The first-order chi connectivity index (χ1) is 17.4. The van der Waals surface area contributed by atoms with Crippen molar-refractivity contribution in [1.29, 1.82) is 0 Å². The van der Waals surface area contributed by atoms with Crippen LogP contribution < -0.4 is 10.1 Å². The van der Waals surface area contributed by atoms with Crippen LogP contribution in [0.5, 0.6) is 5.75 Å². The molecule has 2 aliphatic heterocycles. The molecule has 5 rings (SSSR count). The lowest BCUT2D eigenvalue weighted by molar-refractivity contribution is -0.126. The van der Waals surface area contributed by atoms with Crippen LogP contribution in [0.1, 0.15) is 60.0 Å². The van der Waals surface area contributed by atoms with Gasteiger partial charge in [0, 0.05) is 30.4 Å². The number of amides is 2. The number of benzene rings is 2. The second-order valence-corrected chi connectivity index (χ2v) is 10.1. The third-order valence-electron chi connectivity index (χ3n) is 7.63. The Kier molecular flexibility index (Phi) is 6.80. The smallest absolute Gasteiger partial charge is 0.255 e. The first-order valence-electron chi connectivity index (χ1n) is 12.7. The Bertz CT molecular complexity index is 1220. The summed E-state index contributed by atoms with van der Waals surface area (Å²) < 4.78 is 6.54. The minimum atomic E-state index is -0.458. The molecule has 7 nitrogen and oxygen atoms in total. The zero-order valence-electron chi connectivity index (χ0n) is 20.7. The van der Waals surface area contributed by atoms with E-state index in [-0.39, 0.29) is 24.0 Å². The maximum absolute atomic E-state index is 13.0. The van der Waals surface area contributed by atoms with Crippen LogP contribution in [-0.2, 0) is 17.9 Å². The summed E-state index contributed by atoms with van der Waals surface area (Å²) in [5.74, 6) is 0.529. The van der Waals surface area contributed by atoms with Crippen molar-refractivity contribution >= 4 is 17.5 Å². The molecule has 1 aliphatic carbocycles. The predicted octanol–water partition coefficient (Wildman–Crippen LogP) is 4.81. The molecular weight excluding hydrogens is 452 g/mol. The summed E-state index contributed by atoms with van der Waals surface area (Å²) in [6, 6.07) is 13.3. The molecule has 0 aromatic heterocycles. The highest BCUT2D eigenvalue weighted by Gasteiger charge is 2.38. The monoisotopic (exact) mass is 484 g/mol. The van der Waals surface area contributed by atoms with E-state index in [9.17, 15) is 9.59 Å². The maximum Gasteiger partial charge on any atom is 0.255 e. The molecule has 186 valence electrons. The Labute approximate surface area is 212 Å². The number of likely N-dealkylation sites (N-methyl/N-ethyl adjacent to an activating group) is 1. The Hall–Kier alpha value is -3.63. The van der Waals surface area contributed by atoms with Gasteiger partial charge in [-0.3, -0.25) is 14.5 Å². The standard InChI is InChI=1S/C29H32N4O3/c1-19-8-15-26(28(34)31-19)33-18-21-16-23(13-14-24(21)29(33)35)36-27-7-5-4-6-25(27)32(3)17-20-9-11-22(30-2)12-10-20/h9-14,16,25-27H,1,4-8,15,17-18H2,3H3,(H,31,34)/t25-,26?,27+/m1/s1. The molecule has 2 aromatic rings. The maximum atomic E-state index is 13.0. The zero-order valence-corrected chi connectivity index (χ0v) is 20.7. The first kappa shape index (κ1) is 24.1. The van der Waals surface area contributed by atoms with Crippen molar-refractivity contribution in [3.05, 3.63) is 82.8 Å². The molecule has 2 fully saturated rings. The van der Waals surface area contributed by atoms with Crippen molar-refractivity contribution in [3.63, 3.8) is 0 Å². The van der Waals surface area contributed by atoms with Crippen LogP contribution in [0.3, 0.4) is 0 Å². The predicted molar refractivity (Wildman–Crippen MR) is 137 cm³/mol. The Morgan fingerprint density at radius 2 is 1.92 bits per heavy atom. The highest BCUT2D eigenvalue weighted by atomic mass is 16.5. The molecule has 1 unspecified atom stereocenters. The summed E-state index contributed by atoms with van der Waals surface area (Å²) in [5.41, 5.74) is 4.11. The summed E-state index contributed by atoms with van der Waals surface area (Å²) >= 11 is 0.